The largest absolute Gasteiger partial charge is 0.463 e. The highest BCUT2D eigenvalue weighted by Gasteiger charge is 2.45. The average molecular weight is 333 g/mol. The van der Waals surface area contributed by atoms with Gasteiger partial charge in [0.1, 0.15) is 6.10 Å². The van der Waals surface area contributed by atoms with Crippen LogP contribution in [0, 0.1) is 5.92 Å². The monoisotopic (exact) mass is 333 g/mol. The SMILES string of the molecule is C=C1C/C(=C/C)C(=O)O[C@@H]2C=CN3CC[C@@H](COC(=O)[C@@]1(C)O)[C@H]23. The molecule has 24 heavy (non-hydrogen) atoms. The van der Waals surface area contributed by atoms with Crippen LogP contribution in [0.5, 0.6) is 0 Å². The molecule has 0 unspecified atom stereocenters. The quantitative estimate of drug-likeness (QED) is 0.409. The van der Waals surface area contributed by atoms with Gasteiger partial charge >= 0.3 is 11.9 Å². The molecule has 6 heteroatoms. The maximum atomic E-state index is 12.5. The van der Waals surface area contributed by atoms with E-state index in [2.05, 4.69) is 11.5 Å². The zero-order valence-electron chi connectivity index (χ0n) is 14.0. The van der Waals surface area contributed by atoms with Crippen molar-refractivity contribution in [2.24, 2.45) is 5.92 Å². The molecule has 0 aromatic heterocycles. The molecule has 4 atom stereocenters. The molecular weight excluding hydrogens is 310 g/mol. The van der Waals surface area contributed by atoms with E-state index in [4.69, 9.17) is 9.47 Å². The molecule has 0 saturated carbocycles. The van der Waals surface area contributed by atoms with Gasteiger partial charge in [0.15, 0.2) is 5.60 Å². The highest BCUT2D eigenvalue weighted by Crippen LogP contribution is 2.35. The smallest absolute Gasteiger partial charge is 0.342 e. The third-order valence-corrected chi connectivity index (χ3v) is 5.20. The summed E-state index contributed by atoms with van der Waals surface area (Å²) in [7, 11) is 0. The van der Waals surface area contributed by atoms with E-state index in [0.29, 0.717) is 5.57 Å². The molecule has 6 nitrogen and oxygen atoms in total. The maximum Gasteiger partial charge on any atom is 0.342 e. The number of ether oxygens (including phenoxy) is 2. The van der Waals surface area contributed by atoms with E-state index in [0.717, 1.165) is 13.0 Å². The lowest BCUT2D eigenvalue weighted by Gasteiger charge is -2.30. The third-order valence-electron chi connectivity index (χ3n) is 5.20. The number of nitrogens with zero attached hydrogens (tertiary/aromatic N) is 1. The third kappa shape index (κ3) is 2.75. The van der Waals surface area contributed by atoms with Crippen LogP contribution in [0.1, 0.15) is 26.7 Å². The number of carbonyl (C=O) groups is 2. The number of hydrogen-bond acceptors (Lipinski definition) is 6. The zero-order chi connectivity index (χ0) is 17.5. The summed E-state index contributed by atoms with van der Waals surface area (Å²) in [5.41, 5.74) is -1.25. The van der Waals surface area contributed by atoms with Crippen LogP contribution >= 0.6 is 0 Å². The van der Waals surface area contributed by atoms with Crippen LogP contribution in [0.3, 0.4) is 0 Å². The van der Waals surface area contributed by atoms with Gasteiger partial charge in [-0.15, -0.1) is 0 Å². The average Bonchev–Trinajstić information content (AvgIpc) is 3.12. The summed E-state index contributed by atoms with van der Waals surface area (Å²) in [6, 6.07) is -0.0209. The Labute approximate surface area is 141 Å². The standard InChI is InChI=1S/C18H23NO5/c1-4-12-9-11(2)18(3,22)17(21)23-10-13-5-7-19-8-6-14(15(13)19)24-16(12)20/h4,6,8,13-15,22H,2,5,7,9-10H2,1,3H3/b12-4-/t13-,14+,15+,18-/m0/s1. The van der Waals surface area contributed by atoms with Crippen LogP contribution in [-0.2, 0) is 19.1 Å². The first-order chi connectivity index (χ1) is 11.3. The lowest BCUT2D eigenvalue weighted by atomic mass is 9.90. The van der Waals surface area contributed by atoms with Crippen LogP contribution < -0.4 is 0 Å². The maximum absolute atomic E-state index is 12.5. The van der Waals surface area contributed by atoms with Crippen LogP contribution in [0.15, 0.2) is 36.1 Å². The van der Waals surface area contributed by atoms with Crippen LogP contribution in [-0.4, -0.2) is 52.8 Å². The number of allylic oxidation sites excluding steroid dienone is 1. The Morgan fingerprint density at radius 1 is 1.46 bits per heavy atom. The summed E-state index contributed by atoms with van der Waals surface area (Å²) in [5, 5.41) is 10.5. The fraction of sp³-hybridized carbons (Fsp3) is 0.556. The fourth-order valence-electron chi connectivity index (χ4n) is 3.50. The highest BCUT2D eigenvalue weighted by molar-refractivity contribution is 5.90. The lowest BCUT2D eigenvalue weighted by Crippen LogP contribution is -2.43. The Hall–Kier alpha value is -2.08. The molecule has 0 radical (unpaired) electrons. The molecule has 3 aliphatic rings. The molecular formula is C18H23NO5. The van der Waals surface area contributed by atoms with E-state index in [1.54, 1.807) is 13.0 Å². The predicted octanol–water partition coefficient (Wildman–Crippen LogP) is 1.32. The van der Waals surface area contributed by atoms with Crippen LogP contribution in [0.4, 0.5) is 0 Å². The highest BCUT2D eigenvalue weighted by atomic mass is 16.6. The van der Waals surface area contributed by atoms with Crippen molar-refractivity contribution in [3.8, 4) is 0 Å². The van der Waals surface area contributed by atoms with Gasteiger partial charge in [0.25, 0.3) is 0 Å². The Kier molecular flexibility index (Phi) is 4.25. The second-order valence-electron chi connectivity index (χ2n) is 6.75. The van der Waals surface area contributed by atoms with Crippen molar-refractivity contribution in [1.29, 1.82) is 0 Å². The normalized spacial score (nSPS) is 38.5. The van der Waals surface area contributed by atoms with Gasteiger partial charge in [-0.25, -0.2) is 9.59 Å². The van der Waals surface area contributed by atoms with Gasteiger partial charge in [-0.2, -0.15) is 0 Å². The number of rotatable bonds is 0. The second kappa shape index (κ2) is 6.09. The first-order valence-electron chi connectivity index (χ1n) is 8.22. The Balaban J connectivity index is 1.91. The van der Waals surface area contributed by atoms with Gasteiger partial charge in [-0.1, -0.05) is 12.7 Å². The number of cyclic esters (lactones) is 1. The summed E-state index contributed by atoms with van der Waals surface area (Å²) in [4.78, 5) is 26.9. The van der Waals surface area contributed by atoms with Crippen molar-refractivity contribution in [3.05, 3.63) is 36.1 Å². The Bertz CT molecular complexity index is 633. The second-order valence-corrected chi connectivity index (χ2v) is 6.75. The minimum atomic E-state index is -1.83. The summed E-state index contributed by atoms with van der Waals surface area (Å²) in [5.74, 6) is -1.11. The van der Waals surface area contributed by atoms with E-state index in [-0.39, 0.29) is 36.7 Å². The fourth-order valence-corrected chi connectivity index (χ4v) is 3.50. The van der Waals surface area contributed by atoms with Crippen molar-refractivity contribution in [2.75, 3.05) is 13.2 Å². The molecule has 0 spiro atoms. The molecule has 3 rings (SSSR count). The first kappa shape index (κ1) is 16.8. The van der Waals surface area contributed by atoms with Crippen molar-refractivity contribution in [3.63, 3.8) is 0 Å². The van der Waals surface area contributed by atoms with Gasteiger partial charge < -0.3 is 19.5 Å². The minimum absolute atomic E-state index is 0.0209. The van der Waals surface area contributed by atoms with Gasteiger partial charge in [-0.3, -0.25) is 0 Å². The Morgan fingerprint density at radius 2 is 2.21 bits per heavy atom. The van der Waals surface area contributed by atoms with Crippen molar-refractivity contribution in [2.45, 2.75) is 44.4 Å². The lowest BCUT2D eigenvalue weighted by molar-refractivity contribution is -0.163. The number of aliphatic hydroxyl groups is 1. The van der Waals surface area contributed by atoms with E-state index >= 15 is 0 Å². The summed E-state index contributed by atoms with van der Waals surface area (Å²) in [6.07, 6.45) is 5.99. The van der Waals surface area contributed by atoms with Gasteiger partial charge in [0, 0.05) is 24.5 Å². The van der Waals surface area contributed by atoms with Crippen molar-refractivity contribution < 1.29 is 24.2 Å². The molecule has 0 amide bonds. The molecule has 3 aliphatic heterocycles. The molecule has 0 aromatic rings. The molecule has 1 N–H and O–H groups in total. The minimum Gasteiger partial charge on any atom is -0.463 e. The zero-order valence-corrected chi connectivity index (χ0v) is 14.0. The van der Waals surface area contributed by atoms with E-state index in [1.165, 1.54) is 6.92 Å². The molecule has 2 saturated heterocycles. The first-order valence-corrected chi connectivity index (χ1v) is 8.22. The summed E-state index contributed by atoms with van der Waals surface area (Å²) >= 11 is 0. The molecule has 2 fully saturated rings. The molecule has 0 bridgehead atoms. The Morgan fingerprint density at radius 3 is 2.92 bits per heavy atom. The van der Waals surface area contributed by atoms with E-state index in [1.807, 2.05) is 12.3 Å². The topological polar surface area (TPSA) is 76.1 Å². The number of hydrogen-bond donors (Lipinski definition) is 1. The van der Waals surface area contributed by atoms with Gasteiger partial charge in [0.05, 0.1) is 12.6 Å². The summed E-state index contributed by atoms with van der Waals surface area (Å²) in [6.45, 7) is 7.86. The van der Waals surface area contributed by atoms with Crippen molar-refractivity contribution in [1.82, 2.24) is 4.90 Å². The molecule has 0 aliphatic carbocycles. The molecule has 130 valence electrons. The number of esters is 2. The van der Waals surface area contributed by atoms with Crippen LogP contribution in [0.2, 0.25) is 0 Å². The number of carbonyl (C=O) groups excluding carboxylic acids is 2. The van der Waals surface area contributed by atoms with Crippen LogP contribution in [0.25, 0.3) is 0 Å². The predicted molar refractivity (Wildman–Crippen MR) is 86.7 cm³/mol. The van der Waals surface area contributed by atoms with Gasteiger partial charge in [-0.05, 0) is 38.1 Å². The van der Waals surface area contributed by atoms with Crippen molar-refractivity contribution >= 4 is 11.9 Å². The molecule has 0 aromatic carbocycles. The van der Waals surface area contributed by atoms with E-state index < -0.39 is 17.5 Å². The van der Waals surface area contributed by atoms with Gasteiger partial charge in [0.2, 0.25) is 0 Å². The molecule has 3 heterocycles. The summed E-state index contributed by atoms with van der Waals surface area (Å²) < 4.78 is 11.0. The van der Waals surface area contributed by atoms with E-state index in [9.17, 15) is 14.7 Å².